The van der Waals surface area contributed by atoms with Gasteiger partial charge in [0.15, 0.2) is 0 Å². The van der Waals surface area contributed by atoms with E-state index in [0.717, 1.165) is 0 Å². The molecule has 0 radical (unpaired) electrons. The Morgan fingerprint density at radius 2 is 2.11 bits per heavy atom. The Bertz CT molecular complexity index is 539. The zero-order chi connectivity index (χ0) is 13.0. The molecule has 94 valence electrons. The number of nitrogens with zero attached hydrogens (tertiary/aromatic N) is 1. The summed E-state index contributed by atoms with van der Waals surface area (Å²) in [6.45, 7) is 0. The van der Waals surface area contributed by atoms with Gasteiger partial charge in [0, 0.05) is 11.3 Å². The highest BCUT2D eigenvalue weighted by atomic mass is 32.2. The van der Waals surface area contributed by atoms with Gasteiger partial charge in [-0.1, -0.05) is 0 Å². The number of rotatable bonds is 5. The summed E-state index contributed by atoms with van der Waals surface area (Å²) in [4.78, 5) is 14.6. The van der Waals surface area contributed by atoms with Gasteiger partial charge in [-0.25, -0.2) is 9.37 Å². The molecule has 0 aliphatic rings. The van der Waals surface area contributed by atoms with Crippen molar-refractivity contribution in [1.82, 2.24) is 4.98 Å². The Morgan fingerprint density at radius 1 is 1.39 bits per heavy atom. The third-order valence-electron chi connectivity index (χ3n) is 2.12. The SMILES string of the molecule is O=C(O)CSCc1coc(-c2ccc(F)cc2)n1. The van der Waals surface area contributed by atoms with Crippen LogP contribution in [0.3, 0.4) is 0 Å². The van der Waals surface area contributed by atoms with Gasteiger partial charge < -0.3 is 9.52 Å². The second kappa shape index (κ2) is 5.68. The number of hydrogen-bond acceptors (Lipinski definition) is 4. The van der Waals surface area contributed by atoms with Crippen LogP contribution in [-0.4, -0.2) is 21.8 Å². The summed E-state index contributed by atoms with van der Waals surface area (Å²) in [5.41, 5.74) is 1.35. The molecule has 1 aromatic carbocycles. The quantitative estimate of drug-likeness (QED) is 0.902. The Hall–Kier alpha value is -1.82. The monoisotopic (exact) mass is 267 g/mol. The summed E-state index contributed by atoms with van der Waals surface area (Å²) in [6.07, 6.45) is 1.48. The van der Waals surface area contributed by atoms with E-state index in [9.17, 15) is 9.18 Å². The van der Waals surface area contributed by atoms with Crippen LogP contribution in [0.2, 0.25) is 0 Å². The topological polar surface area (TPSA) is 63.3 Å². The van der Waals surface area contributed by atoms with Gasteiger partial charge in [-0.15, -0.1) is 11.8 Å². The first-order valence-corrected chi connectivity index (χ1v) is 6.30. The molecule has 0 bridgehead atoms. The highest BCUT2D eigenvalue weighted by molar-refractivity contribution is 7.99. The molecule has 0 spiro atoms. The number of carbonyl (C=O) groups is 1. The molecule has 1 N–H and O–H groups in total. The molecule has 6 heteroatoms. The van der Waals surface area contributed by atoms with Crippen molar-refractivity contribution in [1.29, 1.82) is 0 Å². The lowest BCUT2D eigenvalue weighted by atomic mass is 10.2. The van der Waals surface area contributed by atoms with Crippen LogP contribution in [0.15, 0.2) is 34.9 Å². The molecule has 4 nitrogen and oxygen atoms in total. The zero-order valence-electron chi connectivity index (χ0n) is 9.30. The summed E-state index contributed by atoms with van der Waals surface area (Å²) in [6, 6.07) is 5.82. The Balaban J connectivity index is 2.01. The van der Waals surface area contributed by atoms with E-state index in [1.165, 1.54) is 30.2 Å². The van der Waals surface area contributed by atoms with Crippen LogP contribution in [0.5, 0.6) is 0 Å². The number of oxazole rings is 1. The number of aliphatic carboxylic acids is 1. The minimum Gasteiger partial charge on any atom is -0.481 e. The van der Waals surface area contributed by atoms with Gasteiger partial charge in [-0.3, -0.25) is 4.79 Å². The third-order valence-corrected chi connectivity index (χ3v) is 3.07. The molecule has 0 saturated carbocycles. The fourth-order valence-corrected chi connectivity index (χ4v) is 1.96. The highest BCUT2D eigenvalue weighted by Gasteiger charge is 2.07. The maximum absolute atomic E-state index is 12.7. The average Bonchev–Trinajstić information content (AvgIpc) is 2.78. The lowest BCUT2D eigenvalue weighted by molar-refractivity contribution is -0.133. The molecule has 0 saturated heterocycles. The van der Waals surface area contributed by atoms with Crippen LogP contribution in [0, 0.1) is 5.82 Å². The van der Waals surface area contributed by atoms with Crippen molar-refractivity contribution in [3.05, 3.63) is 42.0 Å². The summed E-state index contributed by atoms with van der Waals surface area (Å²) in [5, 5.41) is 8.50. The first-order valence-electron chi connectivity index (χ1n) is 5.15. The van der Waals surface area contributed by atoms with Gasteiger partial charge in [-0.05, 0) is 24.3 Å². The minimum atomic E-state index is -0.859. The van der Waals surface area contributed by atoms with Gasteiger partial charge in [0.05, 0.1) is 11.4 Å². The van der Waals surface area contributed by atoms with Crippen molar-refractivity contribution in [3.63, 3.8) is 0 Å². The summed E-state index contributed by atoms with van der Waals surface area (Å²) < 4.78 is 18.0. The standard InChI is InChI=1S/C12H10FNO3S/c13-9-3-1-8(2-4-9)12-14-10(5-17-12)6-18-7-11(15)16/h1-5H,6-7H2,(H,15,16). The van der Waals surface area contributed by atoms with E-state index < -0.39 is 5.97 Å². The predicted molar refractivity (Wildman–Crippen MR) is 65.7 cm³/mol. The van der Waals surface area contributed by atoms with Crippen LogP contribution >= 0.6 is 11.8 Å². The van der Waals surface area contributed by atoms with Gasteiger partial charge in [0.2, 0.25) is 5.89 Å². The number of carboxylic acid groups (broad SMARTS) is 1. The minimum absolute atomic E-state index is 0.0265. The van der Waals surface area contributed by atoms with Crippen LogP contribution in [0.1, 0.15) is 5.69 Å². The largest absolute Gasteiger partial charge is 0.481 e. The van der Waals surface area contributed by atoms with Gasteiger partial charge in [0.1, 0.15) is 12.1 Å². The van der Waals surface area contributed by atoms with Crippen molar-refractivity contribution in [2.75, 3.05) is 5.75 Å². The predicted octanol–water partition coefficient (Wildman–Crippen LogP) is 2.80. The number of hydrogen-bond donors (Lipinski definition) is 1. The van der Waals surface area contributed by atoms with Gasteiger partial charge in [-0.2, -0.15) is 0 Å². The van der Waals surface area contributed by atoms with Crippen LogP contribution in [0.4, 0.5) is 4.39 Å². The molecule has 0 unspecified atom stereocenters. The Morgan fingerprint density at radius 3 is 2.78 bits per heavy atom. The molecule has 18 heavy (non-hydrogen) atoms. The van der Waals surface area contributed by atoms with E-state index in [-0.39, 0.29) is 11.6 Å². The van der Waals surface area contributed by atoms with Crippen LogP contribution < -0.4 is 0 Å². The van der Waals surface area contributed by atoms with Gasteiger partial charge in [0.25, 0.3) is 0 Å². The maximum atomic E-state index is 12.7. The molecule has 1 aromatic heterocycles. The summed E-state index contributed by atoms with van der Waals surface area (Å²) in [5.74, 6) is -0.277. The van der Waals surface area contributed by atoms with Crippen molar-refractivity contribution in [3.8, 4) is 11.5 Å². The highest BCUT2D eigenvalue weighted by Crippen LogP contribution is 2.20. The molecule has 0 atom stereocenters. The fraction of sp³-hybridized carbons (Fsp3) is 0.167. The van der Waals surface area contributed by atoms with Crippen molar-refractivity contribution in [2.45, 2.75) is 5.75 Å². The smallest absolute Gasteiger partial charge is 0.313 e. The van der Waals surface area contributed by atoms with E-state index in [0.29, 0.717) is 22.9 Å². The molecule has 0 amide bonds. The number of benzene rings is 1. The molecule has 2 rings (SSSR count). The molecule has 0 fully saturated rings. The molecule has 1 heterocycles. The van der Waals surface area contributed by atoms with Crippen molar-refractivity contribution < 1.29 is 18.7 Å². The van der Waals surface area contributed by atoms with E-state index in [1.54, 1.807) is 12.1 Å². The lowest BCUT2D eigenvalue weighted by Gasteiger charge is -1.94. The molecular formula is C12H10FNO3S. The van der Waals surface area contributed by atoms with Crippen molar-refractivity contribution >= 4 is 17.7 Å². The fourth-order valence-electron chi connectivity index (χ4n) is 1.34. The Kier molecular flexibility index (Phi) is 3.99. The first-order chi connectivity index (χ1) is 8.65. The van der Waals surface area contributed by atoms with E-state index in [4.69, 9.17) is 9.52 Å². The third kappa shape index (κ3) is 3.33. The van der Waals surface area contributed by atoms with Crippen LogP contribution in [0.25, 0.3) is 11.5 Å². The van der Waals surface area contributed by atoms with Crippen molar-refractivity contribution in [2.24, 2.45) is 0 Å². The molecule has 2 aromatic rings. The summed E-state index contributed by atoms with van der Waals surface area (Å²) in [7, 11) is 0. The van der Waals surface area contributed by atoms with E-state index >= 15 is 0 Å². The van der Waals surface area contributed by atoms with Crippen LogP contribution in [-0.2, 0) is 10.5 Å². The maximum Gasteiger partial charge on any atom is 0.313 e. The molecule has 0 aliphatic heterocycles. The normalized spacial score (nSPS) is 10.5. The number of halogens is 1. The van der Waals surface area contributed by atoms with E-state index in [2.05, 4.69) is 4.98 Å². The number of aromatic nitrogens is 1. The Labute approximate surface area is 107 Å². The number of carboxylic acids is 1. The lowest BCUT2D eigenvalue weighted by Crippen LogP contribution is -1.98. The van der Waals surface area contributed by atoms with E-state index in [1.807, 2.05) is 0 Å². The summed E-state index contributed by atoms with van der Waals surface area (Å²) >= 11 is 1.24. The molecule has 0 aliphatic carbocycles. The second-order valence-electron chi connectivity index (χ2n) is 3.54. The zero-order valence-corrected chi connectivity index (χ0v) is 10.1. The second-order valence-corrected chi connectivity index (χ2v) is 4.52. The number of thioether (sulfide) groups is 1. The average molecular weight is 267 g/mol. The van der Waals surface area contributed by atoms with Gasteiger partial charge >= 0.3 is 5.97 Å². The molecular weight excluding hydrogens is 257 g/mol. The first kappa shape index (κ1) is 12.6.